The Kier molecular flexibility index (Phi) is 5.99. The van der Waals surface area contributed by atoms with Crippen LogP contribution in [0.1, 0.15) is 46.7 Å². The molecule has 1 aromatic heterocycles. The lowest BCUT2D eigenvalue weighted by atomic mass is 10.0. The smallest absolute Gasteiger partial charge is 0.349 e. The molecule has 0 aliphatic rings. The van der Waals surface area contributed by atoms with Gasteiger partial charge in [0, 0.05) is 18.5 Å². The average molecular weight is 429 g/mol. The van der Waals surface area contributed by atoms with Crippen LogP contribution in [0, 0.1) is 20.8 Å². The van der Waals surface area contributed by atoms with Gasteiger partial charge in [-0.2, -0.15) is 0 Å². The van der Waals surface area contributed by atoms with Crippen molar-refractivity contribution in [3.8, 4) is 5.75 Å². The topological polar surface area (TPSA) is 64.4 Å². The fourth-order valence-corrected chi connectivity index (χ4v) is 4.18. The van der Waals surface area contributed by atoms with E-state index in [0.717, 1.165) is 34.4 Å². The minimum atomic E-state index is -1.04. The number of hydrogen-bond acceptors (Lipinski definition) is 3. The number of benzene rings is 3. The predicted octanol–water partition coefficient (Wildman–Crippen LogP) is 5.78. The Morgan fingerprint density at radius 2 is 1.75 bits per heavy atom. The summed E-state index contributed by atoms with van der Waals surface area (Å²) >= 11 is 0. The molecule has 1 unspecified atom stereocenters. The zero-order chi connectivity index (χ0) is 22.8. The number of aliphatic carboxylic acids is 1. The first-order valence-electron chi connectivity index (χ1n) is 10.9. The van der Waals surface area contributed by atoms with Crippen LogP contribution in [0.4, 0.5) is 0 Å². The minimum Gasteiger partial charge on any atom is -0.478 e. The molecule has 0 amide bonds. The predicted molar refractivity (Wildman–Crippen MR) is 126 cm³/mol. The molecule has 1 N–H and O–H groups in total. The molecule has 0 saturated heterocycles. The zero-order valence-electron chi connectivity index (χ0n) is 18.9. The van der Waals surface area contributed by atoms with Crippen LogP contribution in [-0.2, 0) is 17.8 Å². The van der Waals surface area contributed by atoms with Crippen LogP contribution in [0.3, 0.4) is 0 Å². The summed E-state index contributed by atoms with van der Waals surface area (Å²) in [5.74, 6) is 0.577. The van der Waals surface area contributed by atoms with Gasteiger partial charge in [-0.3, -0.25) is 0 Å². The number of rotatable bonds is 7. The molecule has 0 aliphatic carbocycles. The third kappa shape index (κ3) is 4.24. The van der Waals surface area contributed by atoms with Crippen molar-refractivity contribution in [2.45, 2.75) is 46.8 Å². The van der Waals surface area contributed by atoms with Crippen molar-refractivity contribution in [2.75, 3.05) is 0 Å². The van der Waals surface area contributed by atoms with Crippen LogP contribution in [-0.4, -0.2) is 20.6 Å². The second-order valence-electron chi connectivity index (χ2n) is 8.25. The number of carboxylic acid groups (broad SMARTS) is 1. The number of carbonyl (C=O) groups is 1. The number of aryl methyl sites for hydroxylation is 4. The molecule has 1 atom stereocenters. The van der Waals surface area contributed by atoms with E-state index in [1.54, 1.807) is 6.07 Å². The lowest BCUT2D eigenvalue weighted by molar-refractivity contribution is -0.145. The summed E-state index contributed by atoms with van der Waals surface area (Å²) < 4.78 is 8.12. The molecule has 5 heteroatoms. The molecule has 32 heavy (non-hydrogen) atoms. The lowest BCUT2D eigenvalue weighted by Crippen LogP contribution is -2.19. The van der Waals surface area contributed by atoms with Crippen molar-refractivity contribution in [3.63, 3.8) is 0 Å². The molecule has 0 aliphatic heterocycles. The van der Waals surface area contributed by atoms with Gasteiger partial charge in [0.1, 0.15) is 11.6 Å². The van der Waals surface area contributed by atoms with Crippen LogP contribution < -0.4 is 4.74 Å². The largest absolute Gasteiger partial charge is 0.478 e. The number of nitrogens with zero attached hydrogens (tertiary/aromatic N) is 2. The van der Waals surface area contributed by atoms with Crippen molar-refractivity contribution in [1.29, 1.82) is 0 Å². The molecule has 4 aromatic rings. The zero-order valence-corrected chi connectivity index (χ0v) is 18.9. The highest BCUT2D eigenvalue weighted by Crippen LogP contribution is 2.27. The molecular weight excluding hydrogens is 400 g/mol. The van der Waals surface area contributed by atoms with Gasteiger partial charge in [0.2, 0.25) is 6.10 Å². The van der Waals surface area contributed by atoms with Gasteiger partial charge in [0.25, 0.3) is 0 Å². The van der Waals surface area contributed by atoms with Gasteiger partial charge in [-0.25, -0.2) is 9.78 Å². The van der Waals surface area contributed by atoms with Gasteiger partial charge >= 0.3 is 5.97 Å². The van der Waals surface area contributed by atoms with Crippen molar-refractivity contribution < 1.29 is 14.6 Å². The summed E-state index contributed by atoms with van der Waals surface area (Å²) in [6.07, 6.45) is -0.192. The van der Waals surface area contributed by atoms with E-state index in [4.69, 9.17) is 9.72 Å². The van der Waals surface area contributed by atoms with E-state index in [2.05, 4.69) is 37.5 Å². The van der Waals surface area contributed by atoms with E-state index in [-0.39, 0.29) is 0 Å². The number of imidazole rings is 1. The van der Waals surface area contributed by atoms with E-state index in [1.807, 2.05) is 49.4 Å². The van der Waals surface area contributed by atoms with Crippen LogP contribution >= 0.6 is 0 Å². The van der Waals surface area contributed by atoms with Crippen LogP contribution in [0.15, 0.2) is 60.7 Å². The summed E-state index contributed by atoms with van der Waals surface area (Å²) in [6.45, 7) is 8.92. The molecule has 0 saturated carbocycles. The van der Waals surface area contributed by atoms with Crippen molar-refractivity contribution >= 4 is 17.0 Å². The van der Waals surface area contributed by atoms with Crippen molar-refractivity contribution in [3.05, 3.63) is 94.3 Å². The highest BCUT2D eigenvalue weighted by atomic mass is 16.5. The lowest BCUT2D eigenvalue weighted by Gasteiger charge is -2.18. The third-order valence-corrected chi connectivity index (χ3v) is 5.80. The van der Waals surface area contributed by atoms with Gasteiger partial charge < -0.3 is 14.4 Å². The van der Waals surface area contributed by atoms with Gasteiger partial charge in [-0.1, -0.05) is 49.4 Å². The molecule has 5 nitrogen and oxygen atoms in total. The fourth-order valence-electron chi connectivity index (χ4n) is 4.18. The molecule has 0 bridgehead atoms. The third-order valence-electron chi connectivity index (χ3n) is 5.80. The Labute approximate surface area is 188 Å². The molecule has 3 aromatic carbocycles. The quantitative estimate of drug-likeness (QED) is 0.405. The summed E-state index contributed by atoms with van der Waals surface area (Å²) in [7, 11) is 0. The van der Waals surface area contributed by atoms with Crippen molar-refractivity contribution in [2.24, 2.45) is 0 Å². The maximum absolute atomic E-state index is 11.8. The average Bonchev–Trinajstić information content (AvgIpc) is 3.11. The monoisotopic (exact) mass is 428 g/mol. The Bertz CT molecular complexity index is 1270. The highest BCUT2D eigenvalue weighted by Gasteiger charge is 2.23. The summed E-state index contributed by atoms with van der Waals surface area (Å²) in [5, 5.41) is 9.71. The number of ether oxygens (including phenoxy) is 1. The first-order valence-corrected chi connectivity index (χ1v) is 10.9. The molecule has 1 heterocycles. The Morgan fingerprint density at radius 1 is 1.03 bits per heavy atom. The van der Waals surface area contributed by atoms with E-state index in [9.17, 15) is 9.90 Å². The maximum Gasteiger partial charge on any atom is 0.349 e. The van der Waals surface area contributed by atoms with E-state index >= 15 is 0 Å². The summed E-state index contributed by atoms with van der Waals surface area (Å²) in [6, 6.07) is 19.4. The number of hydrogen-bond donors (Lipinski definition) is 1. The van der Waals surface area contributed by atoms with Gasteiger partial charge in [-0.05, 0) is 61.2 Å². The summed E-state index contributed by atoms with van der Waals surface area (Å²) in [5.41, 5.74) is 7.26. The van der Waals surface area contributed by atoms with E-state index in [0.29, 0.717) is 17.9 Å². The summed E-state index contributed by atoms with van der Waals surface area (Å²) in [4.78, 5) is 16.7. The Balaban J connectivity index is 1.60. The van der Waals surface area contributed by atoms with E-state index < -0.39 is 12.1 Å². The first kappa shape index (κ1) is 21.6. The second kappa shape index (κ2) is 8.87. The van der Waals surface area contributed by atoms with Crippen molar-refractivity contribution in [1.82, 2.24) is 9.55 Å². The normalized spacial score (nSPS) is 12.1. The second-order valence-corrected chi connectivity index (χ2v) is 8.25. The highest BCUT2D eigenvalue weighted by molar-refractivity contribution is 5.80. The van der Waals surface area contributed by atoms with Crippen LogP contribution in [0.25, 0.3) is 11.0 Å². The molecule has 164 valence electrons. The molecule has 0 spiro atoms. The first-order chi connectivity index (χ1) is 15.4. The maximum atomic E-state index is 11.8. The number of fused-ring (bicyclic) bond motifs is 1. The minimum absolute atomic E-state index is 0.530. The van der Waals surface area contributed by atoms with Crippen LogP contribution in [0.5, 0.6) is 5.75 Å². The van der Waals surface area contributed by atoms with E-state index in [1.165, 1.54) is 11.1 Å². The standard InChI is InChI=1S/C27H28N2O3/c1-5-24-28-25-19(4)14-17(2)15-23(25)29(24)16-20-10-12-21(13-11-20)32-26(27(30)31)22-9-7-6-8-18(22)3/h6-15,26H,5,16H2,1-4H3,(H,30,31). The SMILES string of the molecule is CCc1nc2c(C)cc(C)cc2n1Cc1ccc(OC(C(=O)O)c2ccccc2C)cc1. The van der Waals surface area contributed by atoms with Gasteiger partial charge in [0.05, 0.1) is 11.0 Å². The van der Waals surface area contributed by atoms with Gasteiger partial charge in [0.15, 0.2) is 0 Å². The Morgan fingerprint density at radius 3 is 2.41 bits per heavy atom. The van der Waals surface area contributed by atoms with Gasteiger partial charge in [-0.15, -0.1) is 0 Å². The number of carboxylic acids is 1. The fraction of sp³-hybridized carbons (Fsp3) is 0.259. The molecule has 0 fully saturated rings. The Hall–Kier alpha value is -3.60. The molecular formula is C27H28N2O3. The molecule has 4 rings (SSSR count). The molecule has 0 radical (unpaired) electrons. The number of aromatic nitrogens is 2. The van der Waals surface area contributed by atoms with Crippen LogP contribution in [0.2, 0.25) is 0 Å².